The molecule has 0 heterocycles. The van der Waals surface area contributed by atoms with E-state index in [9.17, 15) is 26.4 Å². The van der Waals surface area contributed by atoms with Gasteiger partial charge in [0.05, 0.1) is 4.90 Å². The van der Waals surface area contributed by atoms with Crippen molar-refractivity contribution in [2.24, 2.45) is 0 Å². The first-order valence-corrected chi connectivity index (χ1v) is 8.65. The summed E-state index contributed by atoms with van der Waals surface area (Å²) in [5.41, 5.74) is 1.03. The molecule has 0 radical (unpaired) electrons. The van der Waals surface area contributed by atoms with Crippen molar-refractivity contribution in [2.45, 2.75) is 18.2 Å². The average molecular weight is 373 g/mol. The molecule has 0 unspecified atom stereocenters. The topological polar surface area (TPSA) is 72.5 Å². The Morgan fingerprint density at radius 2 is 1.60 bits per heavy atom. The van der Waals surface area contributed by atoms with Gasteiger partial charge in [-0.05, 0) is 43.3 Å². The highest BCUT2D eigenvalue weighted by Gasteiger charge is 2.31. The van der Waals surface area contributed by atoms with E-state index in [0.717, 1.165) is 17.7 Å². The van der Waals surface area contributed by atoms with Crippen LogP contribution in [0.1, 0.15) is 5.56 Å². The zero-order chi connectivity index (χ0) is 18.7. The maximum absolute atomic E-state index is 12.1. The molecule has 134 valence electrons. The van der Waals surface area contributed by atoms with Gasteiger partial charge in [0.25, 0.3) is 0 Å². The molecule has 1 amide bonds. The van der Waals surface area contributed by atoms with E-state index in [2.05, 4.69) is 10.1 Å². The Balaban J connectivity index is 2.01. The molecule has 0 spiro atoms. The molecule has 0 aliphatic carbocycles. The van der Waals surface area contributed by atoms with Gasteiger partial charge in [-0.2, -0.15) is 0 Å². The molecule has 2 rings (SSSR count). The molecule has 0 saturated carbocycles. The summed E-state index contributed by atoms with van der Waals surface area (Å²) < 4.78 is 64.2. The number of halogens is 3. The Bertz CT molecular complexity index is 844. The smallest absolute Gasteiger partial charge is 0.406 e. The van der Waals surface area contributed by atoms with Crippen LogP contribution in [0.5, 0.6) is 5.75 Å². The van der Waals surface area contributed by atoms with Gasteiger partial charge in [-0.1, -0.05) is 17.7 Å². The summed E-state index contributed by atoms with van der Waals surface area (Å²) >= 11 is 0. The number of nitrogens with one attached hydrogen (secondary N) is 1. The number of carbonyl (C=O) groups excluding carboxylic acids is 1. The standard InChI is InChI=1S/C16H14F3NO4S/c1-11-2-8-14(9-3-11)25(22,23)10-15(21)20-12-4-6-13(7-5-12)24-16(17,18)19/h2-9H,10H2,1H3,(H,20,21). The number of hydrogen-bond donors (Lipinski definition) is 1. The minimum absolute atomic E-state index is 0.0159. The van der Waals surface area contributed by atoms with Gasteiger partial charge < -0.3 is 10.1 Å². The maximum Gasteiger partial charge on any atom is 0.573 e. The highest BCUT2D eigenvalue weighted by molar-refractivity contribution is 7.92. The molecule has 1 N–H and O–H groups in total. The van der Waals surface area contributed by atoms with E-state index < -0.39 is 33.6 Å². The first-order valence-electron chi connectivity index (χ1n) is 7.00. The van der Waals surface area contributed by atoms with E-state index in [1.165, 1.54) is 24.3 Å². The van der Waals surface area contributed by atoms with E-state index in [0.29, 0.717) is 0 Å². The van der Waals surface area contributed by atoms with Gasteiger partial charge in [0, 0.05) is 5.69 Å². The number of amides is 1. The Labute approximate surface area is 142 Å². The molecule has 0 atom stereocenters. The van der Waals surface area contributed by atoms with Gasteiger partial charge in [0.15, 0.2) is 9.84 Å². The van der Waals surface area contributed by atoms with Crippen molar-refractivity contribution in [2.75, 3.05) is 11.1 Å². The molecular weight excluding hydrogens is 359 g/mol. The van der Waals surface area contributed by atoms with Crippen LogP contribution in [0.2, 0.25) is 0 Å². The zero-order valence-corrected chi connectivity index (χ0v) is 13.8. The minimum Gasteiger partial charge on any atom is -0.406 e. The number of benzene rings is 2. The first-order chi connectivity index (χ1) is 11.5. The van der Waals surface area contributed by atoms with Crippen LogP contribution in [0.15, 0.2) is 53.4 Å². The summed E-state index contributed by atoms with van der Waals surface area (Å²) in [5.74, 6) is -2.03. The van der Waals surface area contributed by atoms with Gasteiger partial charge in [0.2, 0.25) is 5.91 Å². The number of alkyl halides is 3. The molecule has 0 aromatic heterocycles. The van der Waals surface area contributed by atoms with Crippen LogP contribution in [-0.4, -0.2) is 26.4 Å². The first kappa shape index (κ1) is 18.8. The van der Waals surface area contributed by atoms with Gasteiger partial charge in [0.1, 0.15) is 11.5 Å². The molecule has 5 nitrogen and oxygen atoms in total. The summed E-state index contributed by atoms with van der Waals surface area (Å²) in [4.78, 5) is 11.9. The van der Waals surface area contributed by atoms with Gasteiger partial charge in [-0.3, -0.25) is 4.79 Å². The monoisotopic (exact) mass is 373 g/mol. The van der Waals surface area contributed by atoms with Crippen molar-refractivity contribution in [3.05, 3.63) is 54.1 Å². The second-order valence-electron chi connectivity index (χ2n) is 5.19. The lowest BCUT2D eigenvalue weighted by atomic mass is 10.2. The second-order valence-corrected chi connectivity index (χ2v) is 7.18. The van der Waals surface area contributed by atoms with E-state index >= 15 is 0 Å². The van der Waals surface area contributed by atoms with Crippen molar-refractivity contribution in [1.29, 1.82) is 0 Å². The van der Waals surface area contributed by atoms with Crippen molar-refractivity contribution >= 4 is 21.4 Å². The number of hydrogen-bond acceptors (Lipinski definition) is 4. The molecule has 9 heteroatoms. The molecule has 2 aromatic rings. The fourth-order valence-corrected chi connectivity index (χ4v) is 3.07. The van der Waals surface area contributed by atoms with Crippen LogP contribution in [0.4, 0.5) is 18.9 Å². The lowest BCUT2D eigenvalue weighted by molar-refractivity contribution is -0.274. The summed E-state index contributed by atoms with van der Waals surface area (Å²) in [7, 11) is -3.81. The molecule has 0 fully saturated rings. The largest absolute Gasteiger partial charge is 0.573 e. The SMILES string of the molecule is Cc1ccc(S(=O)(=O)CC(=O)Nc2ccc(OC(F)(F)F)cc2)cc1. The van der Waals surface area contributed by atoms with Crippen molar-refractivity contribution in [3.63, 3.8) is 0 Å². The number of anilines is 1. The summed E-state index contributed by atoms with van der Waals surface area (Å²) in [6.45, 7) is 1.80. The number of sulfone groups is 1. The lowest BCUT2D eigenvalue weighted by Gasteiger charge is -2.10. The number of carbonyl (C=O) groups is 1. The Morgan fingerprint density at radius 1 is 1.04 bits per heavy atom. The van der Waals surface area contributed by atoms with Crippen molar-refractivity contribution in [3.8, 4) is 5.75 Å². The number of ether oxygens (including phenoxy) is 1. The molecule has 0 aliphatic heterocycles. The van der Waals surface area contributed by atoms with Gasteiger partial charge in [-0.25, -0.2) is 8.42 Å². The predicted molar refractivity (Wildman–Crippen MR) is 85.0 cm³/mol. The summed E-state index contributed by atoms with van der Waals surface area (Å²) in [5, 5.41) is 2.31. The molecule has 0 saturated heterocycles. The number of rotatable bonds is 5. The molecule has 25 heavy (non-hydrogen) atoms. The summed E-state index contributed by atoms with van der Waals surface area (Å²) in [6.07, 6.45) is -4.81. The molecular formula is C16H14F3NO4S. The van der Waals surface area contributed by atoms with Crippen LogP contribution in [-0.2, 0) is 14.6 Å². The van der Waals surface area contributed by atoms with Crippen LogP contribution in [0.3, 0.4) is 0 Å². The lowest BCUT2D eigenvalue weighted by Crippen LogP contribution is -2.23. The Morgan fingerprint density at radius 3 is 2.12 bits per heavy atom. The molecule has 2 aromatic carbocycles. The fourth-order valence-electron chi connectivity index (χ4n) is 1.94. The van der Waals surface area contributed by atoms with Crippen molar-refractivity contribution in [1.82, 2.24) is 0 Å². The van der Waals surface area contributed by atoms with Gasteiger partial charge in [-0.15, -0.1) is 13.2 Å². The van der Waals surface area contributed by atoms with Crippen LogP contribution >= 0.6 is 0 Å². The normalized spacial score (nSPS) is 11.8. The number of aryl methyl sites for hydroxylation is 1. The maximum atomic E-state index is 12.1. The quantitative estimate of drug-likeness (QED) is 0.873. The second kappa shape index (κ2) is 7.14. The average Bonchev–Trinajstić information content (AvgIpc) is 2.47. The summed E-state index contributed by atoms with van der Waals surface area (Å²) in [6, 6.07) is 10.4. The van der Waals surface area contributed by atoms with E-state index in [1.807, 2.05) is 0 Å². The van der Waals surface area contributed by atoms with E-state index in [4.69, 9.17) is 0 Å². The van der Waals surface area contributed by atoms with E-state index in [1.54, 1.807) is 19.1 Å². The Hall–Kier alpha value is -2.55. The van der Waals surface area contributed by atoms with Crippen LogP contribution in [0, 0.1) is 6.92 Å². The van der Waals surface area contributed by atoms with Crippen LogP contribution in [0.25, 0.3) is 0 Å². The van der Waals surface area contributed by atoms with E-state index in [-0.39, 0.29) is 10.6 Å². The third kappa shape index (κ3) is 5.79. The third-order valence-corrected chi connectivity index (χ3v) is 4.71. The predicted octanol–water partition coefficient (Wildman–Crippen LogP) is 3.31. The van der Waals surface area contributed by atoms with Crippen LogP contribution < -0.4 is 10.1 Å². The molecule has 0 bridgehead atoms. The third-order valence-electron chi connectivity index (χ3n) is 3.07. The zero-order valence-electron chi connectivity index (χ0n) is 13.0. The van der Waals surface area contributed by atoms with Crippen molar-refractivity contribution < 1.29 is 31.1 Å². The highest BCUT2D eigenvalue weighted by Crippen LogP contribution is 2.24. The molecule has 0 aliphatic rings. The highest BCUT2D eigenvalue weighted by atomic mass is 32.2. The fraction of sp³-hybridized carbons (Fsp3) is 0.188. The van der Waals surface area contributed by atoms with Gasteiger partial charge >= 0.3 is 6.36 Å². The Kier molecular flexibility index (Phi) is 5.36. The minimum atomic E-state index is -4.81.